The first-order chi connectivity index (χ1) is 13.7. The second-order valence-electron chi connectivity index (χ2n) is 6.98. The maximum Gasteiger partial charge on any atom is 0.223 e. The first-order valence-corrected chi connectivity index (χ1v) is 10.1. The smallest absolute Gasteiger partial charge is 0.223 e. The van der Waals surface area contributed by atoms with Crippen LogP contribution in [-0.4, -0.2) is 22.9 Å². The van der Waals surface area contributed by atoms with Crippen molar-refractivity contribution in [2.45, 2.75) is 25.6 Å². The molecule has 0 spiro atoms. The van der Waals surface area contributed by atoms with Crippen LogP contribution in [0.5, 0.6) is 17.2 Å². The Morgan fingerprint density at radius 3 is 2.79 bits per heavy atom. The van der Waals surface area contributed by atoms with Gasteiger partial charge in [0.15, 0.2) is 11.5 Å². The Morgan fingerprint density at radius 1 is 1.18 bits per heavy atom. The van der Waals surface area contributed by atoms with E-state index < -0.39 is 0 Å². The molecule has 0 amide bonds. The van der Waals surface area contributed by atoms with E-state index in [4.69, 9.17) is 14.6 Å². The Kier molecular flexibility index (Phi) is 4.02. The SMILES string of the molecule is COc1cccc2c1O[C@H](c1sccc1C)N1N=C(c3ccccc3O)C[C@H]21. The van der Waals surface area contributed by atoms with Crippen LogP contribution in [-0.2, 0) is 0 Å². The lowest BCUT2D eigenvalue weighted by Crippen LogP contribution is -2.33. The quantitative estimate of drug-likeness (QED) is 0.680. The molecule has 2 aromatic carbocycles. The highest BCUT2D eigenvalue weighted by molar-refractivity contribution is 7.10. The van der Waals surface area contributed by atoms with Gasteiger partial charge in [0, 0.05) is 17.5 Å². The number of aryl methyl sites for hydroxylation is 1. The summed E-state index contributed by atoms with van der Waals surface area (Å²) in [5.41, 5.74) is 3.86. The van der Waals surface area contributed by atoms with Crippen molar-refractivity contribution in [1.29, 1.82) is 0 Å². The maximum atomic E-state index is 10.3. The molecule has 5 nitrogen and oxygen atoms in total. The normalized spacial score (nSPS) is 20.2. The van der Waals surface area contributed by atoms with Gasteiger partial charge in [-0.15, -0.1) is 11.3 Å². The highest BCUT2D eigenvalue weighted by Gasteiger charge is 2.43. The molecule has 0 fully saturated rings. The van der Waals surface area contributed by atoms with Crippen LogP contribution < -0.4 is 9.47 Å². The van der Waals surface area contributed by atoms with Crippen molar-refractivity contribution in [1.82, 2.24) is 5.01 Å². The number of hydrogen-bond donors (Lipinski definition) is 1. The van der Waals surface area contributed by atoms with Crippen molar-refractivity contribution < 1.29 is 14.6 Å². The van der Waals surface area contributed by atoms with E-state index in [1.165, 1.54) is 5.56 Å². The molecule has 142 valence electrons. The topological polar surface area (TPSA) is 54.3 Å². The highest BCUT2D eigenvalue weighted by Crippen LogP contribution is 2.51. The summed E-state index contributed by atoms with van der Waals surface area (Å²) in [4.78, 5) is 1.13. The minimum atomic E-state index is -0.322. The van der Waals surface area contributed by atoms with E-state index in [9.17, 15) is 5.11 Å². The van der Waals surface area contributed by atoms with Crippen molar-refractivity contribution >= 4 is 17.0 Å². The van der Waals surface area contributed by atoms with Crippen LogP contribution in [0.15, 0.2) is 59.0 Å². The molecule has 0 bridgehead atoms. The molecule has 2 aliphatic rings. The number of phenolic OH excluding ortho intramolecular Hbond substituents is 1. The van der Waals surface area contributed by atoms with Gasteiger partial charge in [0.05, 0.1) is 23.7 Å². The number of thiophene rings is 1. The van der Waals surface area contributed by atoms with Gasteiger partial charge in [0.1, 0.15) is 5.75 Å². The predicted molar refractivity (Wildman–Crippen MR) is 109 cm³/mol. The lowest BCUT2D eigenvalue weighted by atomic mass is 9.95. The zero-order valence-corrected chi connectivity index (χ0v) is 16.4. The first-order valence-electron chi connectivity index (χ1n) is 9.19. The molecule has 6 heteroatoms. The van der Waals surface area contributed by atoms with Gasteiger partial charge < -0.3 is 14.6 Å². The van der Waals surface area contributed by atoms with Crippen molar-refractivity contribution in [2.75, 3.05) is 7.11 Å². The summed E-state index contributed by atoms with van der Waals surface area (Å²) in [7, 11) is 1.66. The summed E-state index contributed by atoms with van der Waals surface area (Å²) in [6, 6.07) is 15.4. The van der Waals surface area contributed by atoms with E-state index in [1.807, 2.05) is 35.3 Å². The highest BCUT2D eigenvalue weighted by atomic mass is 32.1. The van der Waals surface area contributed by atoms with E-state index in [1.54, 1.807) is 24.5 Å². The fourth-order valence-corrected chi connectivity index (χ4v) is 4.88. The Labute approximate surface area is 167 Å². The number of methoxy groups -OCH3 is 1. The lowest BCUT2D eigenvalue weighted by Gasteiger charge is -2.38. The zero-order chi connectivity index (χ0) is 19.3. The van der Waals surface area contributed by atoms with E-state index >= 15 is 0 Å². The molecule has 1 aromatic heterocycles. The Bertz CT molecular complexity index is 1080. The van der Waals surface area contributed by atoms with Crippen molar-refractivity contribution in [3.8, 4) is 17.2 Å². The van der Waals surface area contributed by atoms with Gasteiger partial charge in [-0.05, 0) is 42.1 Å². The van der Waals surface area contributed by atoms with Crippen LogP contribution in [0.25, 0.3) is 0 Å². The fourth-order valence-electron chi connectivity index (χ4n) is 3.94. The van der Waals surface area contributed by atoms with Crippen LogP contribution in [0, 0.1) is 6.92 Å². The van der Waals surface area contributed by atoms with Crippen molar-refractivity contribution in [2.24, 2.45) is 5.10 Å². The number of benzene rings is 2. The minimum Gasteiger partial charge on any atom is -0.507 e. The third kappa shape index (κ3) is 2.56. The number of fused-ring (bicyclic) bond motifs is 3. The van der Waals surface area contributed by atoms with Gasteiger partial charge in [0.2, 0.25) is 6.23 Å². The molecule has 1 N–H and O–H groups in total. The molecule has 3 heterocycles. The molecule has 2 atom stereocenters. The van der Waals surface area contributed by atoms with Crippen LogP contribution in [0.3, 0.4) is 0 Å². The van der Waals surface area contributed by atoms with Gasteiger partial charge in [-0.25, -0.2) is 5.01 Å². The van der Waals surface area contributed by atoms with Gasteiger partial charge >= 0.3 is 0 Å². The van der Waals surface area contributed by atoms with E-state index in [0.29, 0.717) is 6.42 Å². The number of rotatable bonds is 3. The molecule has 0 aliphatic carbocycles. The Morgan fingerprint density at radius 2 is 2.04 bits per heavy atom. The fraction of sp³-hybridized carbons (Fsp3) is 0.227. The van der Waals surface area contributed by atoms with Crippen LogP contribution in [0.1, 0.15) is 40.3 Å². The summed E-state index contributed by atoms with van der Waals surface area (Å²) < 4.78 is 12.0. The molecule has 5 rings (SSSR count). The van der Waals surface area contributed by atoms with Crippen molar-refractivity contribution in [3.05, 3.63) is 75.5 Å². The van der Waals surface area contributed by atoms with Crippen LogP contribution >= 0.6 is 11.3 Å². The van der Waals surface area contributed by atoms with Gasteiger partial charge in [-0.3, -0.25) is 0 Å². The largest absolute Gasteiger partial charge is 0.507 e. The summed E-state index contributed by atoms with van der Waals surface area (Å²) >= 11 is 1.67. The summed E-state index contributed by atoms with van der Waals surface area (Å²) in [5, 5.41) is 19.3. The summed E-state index contributed by atoms with van der Waals surface area (Å²) in [6.07, 6.45) is 0.374. The molecular formula is C22H20N2O3S. The van der Waals surface area contributed by atoms with E-state index in [-0.39, 0.29) is 18.0 Å². The van der Waals surface area contributed by atoms with Crippen LogP contribution in [0.2, 0.25) is 0 Å². The summed E-state index contributed by atoms with van der Waals surface area (Å²) in [6.45, 7) is 2.09. The molecule has 0 saturated heterocycles. The number of hydrogen-bond acceptors (Lipinski definition) is 6. The molecule has 28 heavy (non-hydrogen) atoms. The van der Waals surface area contributed by atoms with E-state index in [2.05, 4.69) is 24.4 Å². The Balaban J connectivity index is 1.65. The second-order valence-corrected chi connectivity index (χ2v) is 7.93. The van der Waals surface area contributed by atoms with Crippen LogP contribution in [0.4, 0.5) is 0 Å². The van der Waals surface area contributed by atoms with E-state index in [0.717, 1.165) is 33.2 Å². The van der Waals surface area contributed by atoms with Gasteiger partial charge in [-0.1, -0.05) is 24.3 Å². The van der Waals surface area contributed by atoms with Gasteiger partial charge in [-0.2, -0.15) is 5.10 Å². The monoisotopic (exact) mass is 392 g/mol. The molecule has 0 saturated carbocycles. The number of phenols is 1. The number of nitrogens with zero attached hydrogens (tertiary/aromatic N) is 2. The molecular weight excluding hydrogens is 372 g/mol. The molecule has 3 aromatic rings. The summed E-state index contributed by atoms with van der Waals surface area (Å²) in [5.74, 6) is 1.75. The third-order valence-electron chi connectivity index (χ3n) is 5.34. The lowest BCUT2D eigenvalue weighted by molar-refractivity contribution is -0.0188. The minimum absolute atomic E-state index is 0.0277. The maximum absolute atomic E-state index is 10.3. The second kappa shape index (κ2) is 6.56. The molecule has 2 aliphatic heterocycles. The first kappa shape index (κ1) is 17.1. The van der Waals surface area contributed by atoms with Gasteiger partial charge in [0.25, 0.3) is 0 Å². The number of aromatic hydroxyl groups is 1. The molecule has 0 radical (unpaired) electrons. The third-order valence-corrected chi connectivity index (χ3v) is 6.39. The average Bonchev–Trinajstić information content (AvgIpc) is 3.34. The number of ether oxygens (including phenoxy) is 2. The number of hydrazone groups is 1. The zero-order valence-electron chi connectivity index (χ0n) is 15.6. The predicted octanol–water partition coefficient (Wildman–Crippen LogP) is 5.01. The molecule has 0 unspecified atom stereocenters. The van der Waals surface area contributed by atoms with Crippen molar-refractivity contribution in [3.63, 3.8) is 0 Å². The number of para-hydroxylation sites is 2. The standard InChI is InChI=1S/C22H20N2O3S/c1-13-10-11-28-21(13)22-24-17(15-7-5-9-19(26-2)20(15)27-22)12-16(23-24)14-6-3-4-8-18(14)25/h3-11,17,22,25H,12H2,1-2H3/t17-,22-/m1/s1. The Hall–Kier alpha value is -2.99. The average molecular weight is 392 g/mol.